The number of aliphatic hydroxyl groups is 1. The second-order valence-electron chi connectivity index (χ2n) is 6.02. The van der Waals surface area contributed by atoms with Gasteiger partial charge in [-0.25, -0.2) is 0 Å². The van der Waals surface area contributed by atoms with E-state index in [1.165, 1.54) is 24.3 Å². The Bertz CT molecular complexity index is 1050. The highest BCUT2D eigenvalue weighted by Gasteiger charge is 2.20. The van der Waals surface area contributed by atoms with E-state index in [-0.39, 0.29) is 17.9 Å². The number of nitrogens with zero attached hydrogens (tertiary/aromatic N) is 1. The molecule has 0 radical (unpaired) electrons. The van der Waals surface area contributed by atoms with E-state index in [9.17, 15) is 24.8 Å². The summed E-state index contributed by atoms with van der Waals surface area (Å²) in [6.45, 7) is -0.183. The zero-order valence-corrected chi connectivity index (χ0v) is 14.7. The lowest BCUT2D eigenvalue weighted by Gasteiger charge is -2.14. The molecule has 2 amide bonds. The fourth-order valence-corrected chi connectivity index (χ4v) is 2.84. The fraction of sp³-hybridized carbons (Fsp3) is 0.100. The zero-order chi connectivity index (χ0) is 20.1. The zero-order valence-electron chi connectivity index (χ0n) is 14.7. The van der Waals surface area contributed by atoms with Gasteiger partial charge in [0.15, 0.2) is 0 Å². The van der Waals surface area contributed by atoms with Crippen molar-refractivity contribution < 1.29 is 19.6 Å². The molecule has 0 aliphatic rings. The first-order valence-electron chi connectivity index (χ1n) is 8.45. The summed E-state index contributed by atoms with van der Waals surface area (Å²) in [6.07, 6.45) is -1.02. The molecule has 3 aromatic rings. The van der Waals surface area contributed by atoms with Crippen molar-refractivity contribution in [2.75, 3.05) is 11.9 Å². The number of nitrogens with one attached hydrogen (secondary N) is 2. The van der Waals surface area contributed by atoms with Crippen LogP contribution in [0, 0.1) is 10.1 Å². The number of hydrogen-bond acceptors (Lipinski definition) is 5. The van der Waals surface area contributed by atoms with Gasteiger partial charge in [0.25, 0.3) is 5.69 Å². The van der Waals surface area contributed by atoms with Gasteiger partial charge in [-0.05, 0) is 22.4 Å². The third kappa shape index (κ3) is 4.13. The molecule has 0 aliphatic heterocycles. The van der Waals surface area contributed by atoms with Crippen LogP contribution in [-0.4, -0.2) is 28.4 Å². The van der Waals surface area contributed by atoms with Crippen molar-refractivity contribution in [3.63, 3.8) is 0 Å². The first-order chi connectivity index (χ1) is 13.5. The molecule has 0 saturated heterocycles. The molecule has 3 aromatic carbocycles. The Kier molecular flexibility index (Phi) is 5.61. The van der Waals surface area contributed by atoms with Crippen LogP contribution in [0.25, 0.3) is 10.8 Å². The van der Waals surface area contributed by atoms with Crippen LogP contribution in [0.3, 0.4) is 0 Å². The molecule has 8 nitrogen and oxygen atoms in total. The minimum atomic E-state index is -1.06. The SMILES string of the molecule is O=C(NCC(O)c1cccc2ccccc12)C(=O)Nc1ccccc1[N+](=O)[O-]. The minimum Gasteiger partial charge on any atom is -0.387 e. The van der Waals surface area contributed by atoms with Crippen LogP contribution < -0.4 is 10.6 Å². The molecule has 3 N–H and O–H groups in total. The lowest BCUT2D eigenvalue weighted by molar-refractivity contribution is -0.383. The Morgan fingerprint density at radius 1 is 0.964 bits per heavy atom. The molecule has 0 aromatic heterocycles. The van der Waals surface area contributed by atoms with E-state index in [0.717, 1.165) is 10.8 Å². The van der Waals surface area contributed by atoms with Crippen LogP contribution in [0.15, 0.2) is 66.7 Å². The number of carbonyl (C=O) groups excluding carboxylic acids is 2. The van der Waals surface area contributed by atoms with Crippen molar-refractivity contribution in [1.82, 2.24) is 5.32 Å². The van der Waals surface area contributed by atoms with E-state index in [1.54, 1.807) is 12.1 Å². The first-order valence-corrected chi connectivity index (χ1v) is 8.45. The monoisotopic (exact) mass is 379 g/mol. The number of rotatable bonds is 5. The van der Waals surface area contributed by atoms with E-state index in [0.29, 0.717) is 5.56 Å². The fourth-order valence-electron chi connectivity index (χ4n) is 2.84. The summed E-state index contributed by atoms with van der Waals surface area (Å²) >= 11 is 0. The highest BCUT2D eigenvalue weighted by molar-refractivity contribution is 6.39. The molecular weight excluding hydrogens is 362 g/mol. The van der Waals surface area contributed by atoms with Gasteiger partial charge in [-0.15, -0.1) is 0 Å². The van der Waals surface area contributed by atoms with Gasteiger partial charge < -0.3 is 15.7 Å². The highest BCUT2D eigenvalue weighted by atomic mass is 16.6. The lowest BCUT2D eigenvalue weighted by atomic mass is 10.0. The molecule has 0 heterocycles. The Labute approximate surface area is 159 Å². The Morgan fingerprint density at radius 2 is 1.64 bits per heavy atom. The number of fused-ring (bicyclic) bond motifs is 1. The molecule has 0 aliphatic carbocycles. The predicted octanol–water partition coefficient (Wildman–Crippen LogP) is 2.54. The maximum absolute atomic E-state index is 12.0. The van der Waals surface area contributed by atoms with Gasteiger partial charge in [-0.2, -0.15) is 0 Å². The number of amides is 2. The summed E-state index contributed by atoms with van der Waals surface area (Å²) in [5.41, 5.74) is 0.221. The number of anilines is 1. The van der Waals surface area contributed by atoms with E-state index in [1.807, 2.05) is 30.3 Å². The van der Waals surface area contributed by atoms with Crippen molar-refractivity contribution in [2.24, 2.45) is 0 Å². The summed E-state index contributed by atoms with van der Waals surface area (Å²) in [6, 6.07) is 18.4. The minimum absolute atomic E-state index is 0.0812. The molecule has 0 spiro atoms. The predicted molar refractivity (Wildman–Crippen MR) is 104 cm³/mol. The van der Waals surface area contributed by atoms with Crippen molar-refractivity contribution in [3.05, 3.63) is 82.4 Å². The van der Waals surface area contributed by atoms with Crippen LogP contribution >= 0.6 is 0 Å². The average molecular weight is 379 g/mol. The topological polar surface area (TPSA) is 122 Å². The highest BCUT2D eigenvalue weighted by Crippen LogP contribution is 2.24. The summed E-state index contributed by atoms with van der Waals surface area (Å²) in [5.74, 6) is -2.06. The Morgan fingerprint density at radius 3 is 2.43 bits per heavy atom. The van der Waals surface area contributed by atoms with Crippen LogP contribution in [0.4, 0.5) is 11.4 Å². The van der Waals surface area contributed by atoms with Gasteiger partial charge in [0, 0.05) is 12.6 Å². The number of aliphatic hydroxyl groups excluding tert-OH is 1. The van der Waals surface area contributed by atoms with Gasteiger partial charge in [0.1, 0.15) is 5.69 Å². The molecular formula is C20H17N3O5. The number of nitro groups is 1. The smallest absolute Gasteiger partial charge is 0.313 e. The molecule has 0 saturated carbocycles. The summed E-state index contributed by atoms with van der Waals surface area (Å²) in [7, 11) is 0. The van der Waals surface area contributed by atoms with Crippen molar-refractivity contribution >= 4 is 34.0 Å². The summed E-state index contributed by atoms with van der Waals surface area (Å²) in [4.78, 5) is 34.4. The van der Waals surface area contributed by atoms with Crippen molar-refractivity contribution in [2.45, 2.75) is 6.10 Å². The van der Waals surface area contributed by atoms with E-state index < -0.39 is 22.8 Å². The average Bonchev–Trinajstić information content (AvgIpc) is 2.71. The third-order valence-corrected chi connectivity index (χ3v) is 4.19. The number of benzene rings is 3. The summed E-state index contributed by atoms with van der Waals surface area (Å²) < 4.78 is 0. The van der Waals surface area contributed by atoms with E-state index >= 15 is 0 Å². The van der Waals surface area contributed by atoms with Crippen LogP contribution in [-0.2, 0) is 9.59 Å². The molecule has 1 atom stereocenters. The lowest BCUT2D eigenvalue weighted by Crippen LogP contribution is -2.37. The molecule has 3 rings (SSSR count). The van der Waals surface area contributed by atoms with Gasteiger partial charge in [0.05, 0.1) is 11.0 Å². The van der Waals surface area contributed by atoms with Gasteiger partial charge in [-0.3, -0.25) is 19.7 Å². The van der Waals surface area contributed by atoms with Gasteiger partial charge in [0.2, 0.25) is 0 Å². The normalized spacial score (nSPS) is 11.6. The maximum Gasteiger partial charge on any atom is 0.313 e. The quantitative estimate of drug-likeness (QED) is 0.357. The number of para-hydroxylation sites is 2. The number of nitro benzene ring substituents is 1. The molecule has 1 unspecified atom stereocenters. The number of carbonyl (C=O) groups is 2. The van der Waals surface area contributed by atoms with Crippen LogP contribution in [0.2, 0.25) is 0 Å². The van der Waals surface area contributed by atoms with Crippen molar-refractivity contribution in [1.29, 1.82) is 0 Å². The number of hydrogen-bond donors (Lipinski definition) is 3. The molecule has 142 valence electrons. The largest absolute Gasteiger partial charge is 0.387 e. The van der Waals surface area contributed by atoms with Crippen molar-refractivity contribution in [3.8, 4) is 0 Å². The Hall–Kier alpha value is -3.78. The molecule has 0 fully saturated rings. The first kappa shape index (κ1) is 19.0. The van der Waals surface area contributed by atoms with Gasteiger partial charge in [-0.1, -0.05) is 54.6 Å². The Balaban J connectivity index is 1.65. The van der Waals surface area contributed by atoms with E-state index in [2.05, 4.69) is 10.6 Å². The van der Waals surface area contributed by atoms with Crippen LogP contribution in [0.5, 0.6) is 0 Å². The standard InChI is InChI=1S/C20H17N3O5/c24-18(15-9-5-7-13-6-1-2-8-14(13)15)12-21-19(25)20(26)22-16-10-3-4-11-17(16)23(27)28/h1-11,18,24H,12H2,(H,21,25)(H,22,26). The molecule has 0 bridgehead atoms. The maximum atomic E-state index is 12.0. The summed E-state index contributed by atoms with van der Waals surface area (Å²) in [5, 5.41) is 27.7. The van der Waals surface area contributed by atoms with Crippen LogP contribution in [0.1, 0.15) is 11.7 Å². The van der Waals surface area contributed by atoms with E-state index in [4.69, 9.17) is 0 Å². The second-order valence-corrected chi connectivity index (χ2v) is 6.02. The second kappa shape index (κ2) is 8.28. The molecule has 28 heavy (non-hydrogen) atoms. The third-order valence-electron chi connectivity index (χ3n) is 4.19. The van der Waals surface area contributed by atoms with Gasteiger partial charge >= 0.3 is 11.8 Å². The molecule has 8 heteroatoms.